The summed E-state index contributed by atoms with van der Waals surface area (Å²) in [6.45, 7) is 0. The summed E-state index contributed by atoms with van der Waals surface area (Å²) in [5.74, 6) is -0.572. The average Bonchev–Trinajstić information content (AvgIpc) is 2.47. The molecule has 0 bridgehead atoms. The van der Waals surface area contributed by atoms with E-state index in [-0.39, 0.29) is 11.3 Å². The number of carbonyl (C=O) groups is 1. The number of ether oxygens (including phenoxy) is 1. The zero-order chi connectivity index (χ0) is 11.3. The van der Waals surface area contributed by atoms with Crippen LogP contribution in [0.5, 0.6) is 0 Å². The second-order valence-corrected chi connectivity index (χ2v) is 7.63. The Bertz CT molecular complexity index is 404. The summed E-state index contributed by atoms with van der Waals surface area (Å²) in [4.78, 5) is 11.4. The summed E-state index contributed by atoms with van der Waals surface area (Å²) in [6, 6.07) is 0. The van der Waals surface area contributed by atoms with E-state index in [1.165, 1.54) is 0 Å². The zero-order valence-corrected chi connectivity index (χ0v) is 9.89. The van der Waals surface area contributed by atoms with Crippen LogP contribution < -0.4 is 26.9 Å². The Morgan fingerprint density at radius 1 is 1.27 bits per heavy atom. The van der Waals surface area contributed by atoms with E-state index in [0.717, 1.165) is 0 Å². The predicted molar refractivity (Wildman–Crippen MR) is 62.7 cm³/mol. The van der Waals surface area contributed by atoms with Gasteiger partial charge in [0.25, 0.3) is 0 Å². The first-order chi connectivity index (χ1) is 6.95. The molecule has 2 aliphatic heterocycles. The summed E-state index contributed by atoms with van der Waals surface area (Å²) < 4.78 is 10.6. The summed E-state index contributed by atoms with van der Waals surface area (Å²) in [5.41, 5.74) is 23.8. The summed E-state index contributed by atoms with van der Waals surface area (Å²) in [5, 5.41) is 0. The van der Waals surface area contributed by atoms with Crippen LogP contribution >= 0.6 is 20.1 Å². The van der Waals surface area contributed by atoms with Crippen molar-refractivity contribution < 1.29 is 9.53 Å². The van der Waals surface area contributed by atoms with Gasteiger partial charge < -0.3 is 0 Å². The van der Waals surface area contributed by atoms with E-state index >= 15 is 0 Å². The van der Waals surface area contributed by atoms with Crippen molar-refractivity contribution in [2.45, 2.75) is 10.3 Å². The third-order valence-corrected chi connectivity index (χ3v) is 6.39. The van der Waals surface area contributed by atoms with Crippen molar-refractivity contribution >= 4 is 26.1 Å². The van der Waals surface area contributed by atoms with E-state index in [2.05, 4.69) is 0 Å². The van der Waals surface area contributed by atoms with E-state index in [1.807, 2.05) is 0 Å². The number of nitrogens with two attached hydrogens (primary N) is 5. The maximum absolute atomic E-state index is 11.4. The van der Waals surface area contributed by atoms with Crippen molar-refractivity contribution in [1.82, 2.24) is 0 Å². The van der Waals surface area contributed by atoms with Crippen LogP contribution in [0.2, 0.25) is 0 Å². The number of halogens is 1. The van der Waals surface area contributed by atoms with Gasteiger partial charge in [0.1, 0.15) is 0 Å². The topological polar surface area (TPSA) is 156 Å². The van der Waals surface area contributed by atoms with E-state index in [1.54, 1.807) is 0 Å². The molecular weight excluding hydrogens is 313 g/mol. The molecule has 0 radical (unpaired) electrons. The summed E-state index contributed by atoms with van der Waals surface area (Å²) in [6.07, 6.45) is -0.836. The summed E-state index contributed by atoms with van der Waals surface area (Å²) >= 11 is -2.22. The third kappa shape index (κ3) is 1.33. The molecule has 0 fully saturated rings. The fourth-order valence-electron chi connectivity index (χ4n) is 1.55. The first-order valence-corrected chi connectivity index (χ1v) is 7.66. The summed E-state index contributed by atoms with van der Waals surface area (Å²) in [7, 11) is 0. The Morgan fingerprint density at radius 2 is 1.87 bits per heavy atom. The van der Waals surface area contributed by atoms with Crippen molar-refractivity contribution in [3.05, 3.63) is 20.5 Å². The zero-order valence-electron chi connectivity index (χ0n) is 7.74. The molecule has 2 unspecified atom stereocenters. The Kier molecular flexibility index (Phi) is 2.37. The second-order valence-electron chi connectivity index (χ2n) is 3.16. The van der Waals surface area contributed by atoms with Crippen molar-refractivity contribution in [3.8, 4) is 0 Å². The van der Waals surface area contributed by atoms with Crippen molar-refractivity contribution in [2.75, 3.05) is 0 Å². The molecule has 0 aromatic rings. The Balaban J connectivity index is 2.60. The van der Waals surface area contributed by atoms with Gasteiger partial charge in [-0.2, -0.15) is 0 Å². The van der Waals surface area contributed by atoms with Crippen LogP contribution in [0.4, 0.5) is 0 Å². The SMILES string of the molecule is NC1=C(N)I(N)C(N)C2=C1C(=O)OC2N. The normalized spacial score (nSPS) is 33.3. The van der Waals surface area contributed by atoms with Crippen LogP contribution in [0.3, 0.4) is 0 Å². The maximum atomic E-state index is 11.4. The second kappa shape index (κ2) is 3.33. The molecule has 0 amide bonds. The fourth-order valence-corrected chi connectivity index (χ4v) is 4.60. The van der Waals surface area contributed by atoms with Gasteiger partial charge in [0.05, 0.1) is 0 Å². The first kappa shape index (κ1) is 10.7. The average molecular weight is 325 g/mol. The van der Waals surface area contributed by atoms with Gasteiger partial charge >= 0.3 is 93.3 Å². The van der Waals surface area contributed by atoms with Crippen LogP contribution in [-0.4, -0.2) is 16.2 Å². The predicted octanol–water partition coefficient (Wildman–Crippen LogP) is -2.11. The monoisotopic (exact) mass is 325 g/mol. The molecule has 0 aromatic carbocycles. The molecule has 15 heavy (non-hydrogen) atoms. The van der Waals surface area contributed by atoms with E-state index in [9.17, 15) is 4.79 Å². The van der Waals surface area contributed by atoms with Crippen molar-refractivity contribution in [2.24, 2.45) is 26.9 Å². The van der Waals surface area contributed by atoms with Gasteiger partial charge in [0.2, 0.25) is 0 Å². The standard InChI is InChI=1S/C7H12IN5O2/c9-3-1-2(6(12)15-7(1)14)4(10)8(13)5(3)11/h4,6H,9-13H2. The van der Waals surface area contributed by atoms with Crippen molar-refractivity contribution in [3.63, 3.8) is 0 Å². The van der Waals surface area contributed by atoms with E-state index < -0.39 is 36.3 Å². The Hall–Kier alpha value is -0.840. The van der Waals surface area contributed by atoms with Gasteiger partial charge in [-0.15, -0.1) is 0 Å². The molecular formula is C7H12IN5O2. The minimum absolute atomic E-state index is 0.192. The molecule has 7 nitrogen and oxygen atoms in total. The molecule has 8 heteroatoms. The molecule has 2 aliphatic rings. The number of cyclic esters (lactones) is 1. The Labute approximate surface area is 93.4 Å². The number of hydrogen-bond acceptors (Lipinski definition) is 7. The van der Waals surface area contributed by atoms with Crippen molar-refractivity contribution in [1.29, 1.82) is 0 Å². The molecule has 0 spiro atoms. The van der Waals surface area contributed by atoms with Gasteiger partial charge in [-0.25, -0.2) is 0 Å². The number of alkyl halides is 1. The fraction of sp³-hybridized carbons (Fsp3) is 0.286. The van der Waals surface area contributed by atoms with E-state index in [4.69, 9.17) is 31.6 Å². The number of carbonyl (C=O) groups excluding carboxylic acids is 1. The number of hydrogen-bond donors (Lipinski definition) is 5. The molecule has 2 atom stereocenters. The van der Waals surface area contributed by atoms with Gasteiger partial charge in [0.15, 0.2) is 0 Å². The van der Waals surface area contributed by atoms with Crippen LogP contribution in [0.15, 0.2) is 20.5 Å². The van der Waals surface area contributed by atoms with Crippen LogP contribution in [0.25, 0.3) is 0 Å². The Morgan fingerprint density at radius 3 is 2.47 bits per heavy atom. The molecule has 0 aromatic heterocycles. The minimum atomic E-state index is -2.22. The van der Waals surface area contributed by atoms with Gasteiger partial charge in [0, 0.05) is 0 Å². The quantitative estimate of drug-likeness (QED) is 0.112. The first-order valence-electron chi connectivity index (χ1n) is 4.09. The van der Waals surface area contributed by atoms with Gasteiger partial charge in [-0.05, 0) is 0 Å². The number of rotatable bonds is 0. The molecule has 2 heterocycles. The van der Waals surface area contributed by atoms with Gasteiger partial charge in [-0.1, -0.05) is 0 Å². The van der Waals surface area contributed by atoms with Crippen LogP contribution in [0, 0.1) is 0 Å². The number of esters is 1. The molecule has 10 N–H and O–H groups in total. The molecule has 0 saturated heterocycles. The molecule has 0 aliphatic carbocycles. The van der Waals surface area contributed by atoms with Gasteiger partial charge in [-0.3, -0.25) is 0 Å². The van der Waals surface area contributed by atoms with Crippen LogP contribution in [-0.2, 0) is 9.53 Å². The van der Waals surface area contributed by atoms with Crippen LogP contribution in [0.1, 0.15) is 0 Å². The molecule has 84 valence electrons. The molecule has 0 saturated carbocycles. The third-order valence-electron chi connectivity index (χ3n) is 2.35. The van der Waals surface area contributed by atoms with E-state index in [0.29, 0.717) is 9.28 Å². The molecule has 2 rings (SSSR count).